The van der Waals surface area contributed by atoms with E-state index in [-0.39, 0.29) is 41.7 Å². The molecule has 5 aromatic rings. The largest absolute Gasteiger partial charge is 0.487 e. The van der Waals surface area contributed by atoms with Crippen molar-refractivity contribution < 1.29 is 18.6 Å². The molecule has 0 fully saturated rings. The summed E-state index contributed by atoms with van der Waals surface area (Å²) in [5.74, 6) is 0.877. The molecule has 10 nitrogen and oxygen atoms in total. The van der Waals surface area contributed by atoms with Crippen LogP contribution in [0.4, 0.5) is 0 Å². The van der Waals surface area contributed by atoms with Gasteiger partial charge in [-0.05, 0) is 65.9 Å². The standard InChI is InChI=1S/C43H55N5O5Si2/c1-32(2)30-51-37-24-25-45-40-39(37)48(42(49)47(40)31-50-27-28-54(7,8)9)38-23-22-34(29-44)41(46-38)53-33(3)17-16-26-52-55(43(4,5)6,35-18-12-10-13-19-35)36-20-14-11-15-21-36/h10-15,18-25,33H,1,16-17,26-28,30-31H2,2-9H3. The quantitative estimate of drug-likeness (QED) is 0.0503. The molecular weight excluding hydrogens is 723 g/mol. The fourth-order valence-corrected chi connectivity index (χ4v) is 12.0. The van der Waals surface area contributed by atoms with E-state index in [4.69, 9.17) is 23.6 Å². The Labute approximate surface area is 327 Å². The van der Waals surface area contributed by atoms with Crippen LogP contribution in [0.25, 0.3) is 17.0 Å². The Morgan fingerprint density at radius 2 is 1.62 bits per heavy atom. The lowest BCUT2D eigenvalue weighted by molar-refractivity contribution is 0.0871. The zero-order chi connectivity index (χ0) is 39.8. The Morgan fingerprint density at radius 3 is 2.20 bits per heavy atom. The SMILES string of the molecule is C=C(C)COc1ccnc2c1n(-c1ccc(C#N)c(OC(C)CCCO[Si](c3ccccc3)(c3ccccc3)C(C)(C)C)n1)c(=O)n2COCC[Si](C)(C)C. The summed E-state index contributed by atoms with van der Waals surface area (Å²) in [6.07, 6.45) is 2.70. The van der Waals surface area contributed by atoms with Gasteiger partial charge in [-0.2, -0.15) is 10.2 Å². The van der Waals surface area contributed by atoms with E-state index in [2.05, 4.69) is 107 Å². The summed E-state index contributed by atoms with van der Waals surface area (Å²) in [5.41, 5.74) is 1.55. The topological polar surface area (TPSA) is 113 Å². The molecule has 3 aromatic heterocycles. The summed E-state index contributed by atoms with van der Waals surface area (Å²) in [6.45, 7) is 22.8. The number of rotatable bonds is 18. The summed E-state index contributed by atoms with van der Waals surface area (Å²) < 4.78 is 28.5. The minimum atomic E-state index is -2.68. The molecule has 0 saturated carbocycles. The molecule has 0 bridgehead atoms. The number of imidazole rings is 1. The van der Waals surface area contributed by atoms with Crippen molar-refractivity contribution in [3.63, 3.8) is 0 Å². The highest BCUT2D eigenvalue weighted by molar-refractivity contribution is 6.99. The van der Waals surface area contributed by atoms with Crippen LogP contribution in [0.5, 0.6) is 11.6 Å². The first-order chi connectivity index (χ1) is 26.2. The average molecular weight is 778 g/mol. The first-order valence-corrected chi connectivity index (χ1v) is 24.6. The van der Waals surface area contributed by atoms with E-state index < -0.39 is 22.1 Å². The van der Waals surface area contributed by atoms with Crippen LogP contribution in [-0.2, 0) is 15.9 Å². The number of nitrogens with zero attached hydrogens (tertiary/aromatic N) is 5. The predicted molar refractivity (Wildman–Crippen MR) is 225 cm³/mol. The summed E-state index contributed by atoms with van der Waals surface area (Å²) in [4.78, 5) is 23.5. The third kappa shape index (κ3) is 9.72. The van der Waals surface area contributed by atoms with Gasteiger partial charge in [0.05, 0.1) is 6.10 Å². The number of pyridine rings is 2. The Kier molecular flexibility index (Phi) is 13.4. The van der Waals surface area contributed by atoms with Crippen LogP contribution in [0.15, 0.2) is 102 Å². The van der Waals surface area contributed by atoms with Crippen molar-refractivity contribution in [2.24, 2.45) is 0 Å². The molecule has 55 heavy (non-hydrogen) atoms. The third-order valence-electron chi connectivity index (χ3n) is 9.46. The lowest BCUT2D eigenvalue weighted by Crippen LogP contribution is -2.66. The smallest absolute Gasteiger partial charge is 0.338 e. The molecule has 0 aliphatic heterocycles. The van der Waals surface area contributed by atoms with Crippen LogP contribution >= 0.6 is 0 Å². The van der Waals surface area contributed by atoms with Gasteiger partial charge in [0.15, 0.2) is 5.65 Å². The van der Waals surface area contributed by atoms with Gasteiger partial charge >= 0.3 is 5.69 Å². The van der Waals surface area contributed by atoms with E-state index in [1.165, 1.54) is 19.5 Å². The zero-order valence-corrected chi connectivity index (χ0v) is 35.6. The summed E-state index contributed by atoms with van der Waals surface area (Å²) >= 11 is 0. The second kappa shape index (κ2) is 17.8. The van der Waals surface area contributed by atoms with Crippen molar-refractivity contribution in [2.45, 2.75) is 91.0 Å². The van der Waals surface area contributed by atoms with Crippen LogP contribution < -0.4 is 25.5 Å². The highest BCUT2D eigenvalue weighted by Gasteiger charge is 2.50. The van der Waals surface area contributed by atoms with Crippen LogP contribution in [-0.4, -0.2) is 61.4 Å². The molecule has 290 valence electrons. The minimum Gasteiger partial charge on any atom is -0.487 e. The number of nitriles is 1. The van der Waals surface area contributed by atoms with E-state index in [0.717, 1.165) is 18.0 Å². The third-order valence-corrected chi connectivity index (χ3v) is 16.2. The summed E-state index contributed by atoms with van der Waals surface area (Å²) in [7, 11) is -4.02. The van der Waals surface area contributed by atoms with Crippen molar-refractivity contribution in [3.05, 3.63) is 113 Å². The lowest BCUT2D eigenvalue weighted by atomic mass is 10.2. The first kappa shape index (κ1) is 41.4. The second-order valence-electron chi connectivity index (χ2n) is 16.3. The van der Waals surface area contributed by atoms with E-state index in [1.54, 1.807) is 24.4 Å². The fraction of sp³-hybridized carbons (Fsp3) is 0.395. The molecule has 0 amide bonds. The molecular formula is C43H55N5O5Si2. The van der Waals surface area contributed by atoms with Crippen molar-refractivity contribution >= 4 is 37.9 Å². The van der Waals surface area contributed by atoms with Gasteiger partial charge in [-0.3, -0.25) is 4.57 Å². The Morgan fingerprint density at radius 1 is 0.964 bits per heavy atom. The van der Waals surface area contributed by atoms with E-state index in [0.29, 0.717) is 36.5 Å². The lowest BCUT2D eigenvalue weighted by Gasteiger charge is -2.43. The molecule has 0 aliphatic carbocycles. The maximum absolute atomic E-state index is 14.2. The van der Waals surface area contributed by atoms with E-state index >= 15 is 0 Å². The van der Waals surface area contributed by atoms with Gasteiger partial charge < -0.3 is 18.6 Å². The van der Waals surface area contributed by atoms with Gasteiger partial charge in [-0.1, -0.05) is 108 Å². The number of fused-ring (bicyclic) bond motifs is 1. The Hall–Kier alpha value is -4.81. The molecule has 1 atom stereocenters. The number of hydrogen-bond acceptors (Lipinski definition) is 8. The Bertz CT molecular complexity index is 2130. The van der Waals surface area contributed by atoms with Crippen molar-refractivity contribution in [3.8, 4) is 23.5 Å². The van der Waals surface area contributed by atoms with Crippen LogP contribution in [0.3, 0.4) is 0 Å². The monoisotopic (exact) mass is 777 g/mol. The maximum Gasteiger partial charge on any atom is 0.338 e. The average Bonchev–Trinajstić information content (AvgIpc) is 3.43. The van der Waals surface area contributed by atoms with Crippen LogP contribution in [0.2, 0.25) is 30.7 Å². The van der Waals surface area contributed by atoms with Gasteiger partial charge in [0, 0.05) is 33.6 Å². The summed E-state index contributed by atoms with van der Waals surface area (Å²) in [6, 6.07) is 29.3. The zero-order valence-electron chi connectivity index (χ0n) is 33.6. The molecule has 0 spiro atoms. The van der Waals surface area contributed by atoms with E-state index in [9.17, 15) is 10.1 Å². The fourth-order valence-electron chi connectivity index (χ4n) is 6.66. The molecule has 0 N–H and O–H groups in total. The summed E-state index contributed by atoms with van der Waals surface area (Å²) in [5, 5.41) is 12.4. The van der Waals surface area contributed by atoms with Gasteiger partial charge in [0.2, 0.25) is 5.88 Å². The van der Waals surface area contributed by atoms with Crippen LogP contribution in [0, 0.1) is 11.3 Å². The highest BCUT2D eigenvalue weighted by Crippen LogP contribution is 2.37. The highest BCUT2D eigenvalue weighted by atomic mass is 28.4. The van der Waals surface area contributed by atoms with Gasteiger partial charge in [0.1, 0.15) is 42.1 Å². The second-order valence-corrected chi connectivity index (χ2v) is 26.3. The molecule has 0 saturated heterocycles. The van der Waals surface area contributed by atoms with Crippen molar-refractivity contribution in [2.75, 3.05) is 19.8 Å². The normalized spacial score (nSPS) is 12.7. The molecule has 12 heteroatoms. The Balaban J connectivity index is 1.40. The maximum atomic E-state index is 14.2. The number of ether oxygens (including phenoxy) is 3. The predicted octanol–water partition coefficient (Wildman–Crippen LogP) is 7.85. The number of aromatic nitrogens is 4. The number of benzene rings is 2. The molecule has 3 heterocycles. The molecule has 5 rings (SSSR count). The molecule has 0 aliphatic rings. The molecule has 0 radical (unpaired) electrons. The van der Waals surface area contributed by atoms with Crippen molar-refractivity contribution in [1.29, 1.82) is 5.26 Å². The molecule has 1 unspecified atom stereocenters. The van der Waals surface area contributed by atoms with E-state index in [1.807, 2.05) is 26.0 Å². The first-order valence-electron chi connectivity index (χ1n) is 18.9. The van der Waals surface area contributed by atoms with Gasteiger partial charge in [-0.15, -0.1) is 0 Å². The minimum absolute atomic E-state index is 0.0242. The van der Waals surface area contributed by atoms with Crippen LogP contribution in [0.1, 0.15) is 53.0 Å². The number of hydrogen-bond donors (Lipinski definition) is 0. The molecule has 2 aromatic carbocycles. The van der Waals surface area contributed by atoms with Crippen molar-refractivity contribution in [1.82, 2.24) is 19.1 Å². The van der Waals surface area contributed by atoms with Gasteiger partial charge in [0.25, 0.3) is 8.32 Å². The van der Waals surface area contributed by atoms with Gasteiger partial charge in [-0.25, -0.2) is 14.3 Å².